The number of aromatic nitrogens is 3. The fraction of sp³-hybridized carbons (Fsp3) is 0. The predicted octanol–water partition coefficient (Wildman–Crippen LogP) is 3.18. The number of esters is 1. The Bertz CT molecular complexity index is 920. The smallest absolute Gasteiger partial charge is 0.416 e. The summed E-state index contributed by atoms with van der Waals surface area (Å²) in [5.74, 6) is -14.2. The monoisotopic (exact) mass is 551 g/mol. The maximum Gasteiger partial charge on any atom is 1.00 e. The third-order valence-corrected chi connectivity index (χ3v) is 3.15. The van der Waals surface area contributed by atoms with Crippen LogP contribution >= 0.6 is 0 Å². The first-order valence-electron chi connectivity index (χ1n) is 6.53. The van der Waals surface area contributed by atoms with Gasteiger partial charge in [-0.2, -0.15) is 8.78 Å². The van der Waals surface area contributed by atoms with Gasteiger partial charge in [0.25, 0.3) is 0 Å². The van der Waals surface area contributed by atoms with E-state index in [0.717, 1.165) is 0 Å². The van der Waals surface area contributed by atoms with Gasteiger partial charge in [-0.3, -0.25) is 5.10 Å². The summed E-state index contributed by atoms with van der Waals surface area (Å²) in [6, 6.07) is 5.28. The van der Waals surface area contributed by atoms with Crippen LogP contribution in [0.4, 0.5) is 22.0 Å². The zero-order valence-corrected chi connectivity index (χ0v) is 14.4. The molecule has 0 aliphatic carbocycles. The SMILES string of the molecule is O=C(Oc1c(F)c(F)c(F)c(F)c1F)c1ccc(-c2[c-]nn[nH]2)cc1.[Au+]. The van der Waals surface area contributed by atoms with E-state index >= 15 is 0 Å². The molecule has 0 fully saturated rings. The molecule has 1 heterocycles. The van der Waals surface area contributed by atoms with Crippen LogP contribution in [0.15, 0.2) is 24.3 Å². The van der Waals surface area contributed by atoms with Crippen LogP contribution in [-0.2, 0) is 22.4 Å². The molecule has 0 amide bonds. The number of benzene rings is 2. The van der Waals surface area contributed by atoms with Gasteiger partial charge in [0.2, 0.25) is 34.8 Å². The molecule has 5 nitrogen and oxygen atoms in total. The van der Waals surface area contributed by atoms with Crippen LogP contribution in [0.25, 0.3) is 11.3 Å². The van der Waals surface area contributed by atoms with Crippen molar-refractivity contribution in [2.75, 3.05) is 0 Å². The molecule has 0 bridgehead atoms. The maximum absolute atomic E-state index is 13.5. The van der Waals surface area contributed by atoms with Crippen LogP contribution in [0.2, 0.25) is 0 Å². The third-order valence-electron chi connectivity index (χ3n) is 3.15. The fourth-order valence-electron chi connectivity index (χ4n) is 1.90. The van der Waals surface area contributed by atoms with E-state index in [1.807, 2.05) is 0 Å². The summed E-state index contributed by atoms with van der Waals surface area (Å²) in [6.07, 6.45) is 2.52. The van der Waals surface area contributed by atoms with E-state index in [-0.39, 0.29) is 27.9 Å². The minimum Gasteiger partial charge on any atom is -0.416 e. The van der Waals surface area contributed by atoms with Crippen molar-refractivity contribution in [1.29, 1.82) is 0 Å². The summed E-state index contributed by atoms with van der Waals surface area (Å²) in [7, 11) is 0. The van der Waals surface area contributed by atoms with Crippen LogP contribution in [0, 0.1) is 35.3 Å². The molecule has 0 unspecified atom stereocenters. The summed E-state index contributed by atoms with van der Waals surface area (Å²) < 4.78 is 70.5. The molecule has 3 rings (SSSR count). The molecule has 3 aromatic rings. The molecule has 0 atom stereocenters. The molecule has 26 heavy (non-hydrogen) atoms. The molecule has 0 radical (unpaired) electrons. The molecule has 11 heteroatoms. The molecule has 1 N–H and O–H groups in total. The number of halogens is 5. The van der Waals surface area contributed by atoms with Gasteiger partial charge < -0.3 is 4.74 Å². The van der Waals surface area contributed by atoms with Crippen LogP contribution in [0.5, 0.6) is 5.75 Å². The number of ether oxygens (including phenoxy) is 1. The summed E-state index contributed by atoms with van der Waals surface area (Å²) in [6.45, 7) is 0. The summed E-state index contributed by atoms with van der Waals surface area (Å²) in [5.41, 5.74) is 0.776. The average Bonchev–Trinajstić information content (AvgIpc) is 3.16. The van der Waals surface area contributed by atoms with Gasteiger partial charge in [0.1, 0.15) is 0 Å². The summed E-state index contributed by atoms with van der Waals surface area (Å²) in [5, 5.41) is 9.42. The van der Waals surface area contributed by atoms with Gasteiger partial charge in [-0.1, -0.05) is 29.2 Å². The fourth-order valence-corrected chi connectivity index (χ4v) is 1.90. The van der Waals surface area contributed by atoms with E-state index in [2.05, 4.69) is 26.3 Å². The molecule has 1 aromatic heterocycles. The van der Waals surface area contributed by atoms with E-state index in [4.69, 9.17) is 0 Å². The van der Waals surface area contributed by atoms with Crippen LogP contribution in [0.3, 0.4) is 0 Å². The van der Waals surface area contributed by atoms with E-state index in [9.17, 15) is 26.7 Å². The Kier molecular flexibility index (Phi) is 5.90. The summed E-state index contributed by atoms with van der Waals surface area (Å²) >= 11 is 0. The second-order valence-corrected chi connectivity index (χ2v) is 4.66. The first kappa shape index (κ1) is 19.8. The number of H-pyrrole nitrogens is 1. The predicted molar refractivity (Wildman–Crippen MR) is 71.8 cm³/mol. The molecule has 0 aliphatic heterocycles. The second-order valence-electron chi connectivity index (χ2n) is 4.66. The van der Waals surface area contributed by atoms with Crippen molar-refractivity contribution in [3.63, 3.8) is 0 Å². The first-order chi connectivity index (χ1) is 11.9. The largest absolute Gasteiger partial charge is 1.00 e. The summed E-state index contributed by atoms with van der Waals surface area (Å²) in [4.78, 5) is 11.9. The van der Waals surface area contributed by atoms with E-state index < -0.39 is 40.8 Å². The van der Waals surface area contributed by atoms with Crippen molar-refractivity contribution in [2.45, 2.75) is 0 Å². The number of nitrogens with zero attached hydrogens (tertiary/aromatic N) is 2. The van der Waals surface area contributed by atoms with Crippen LogP contribution in [0.1, 0.15) is 10.4 Å². The topological polar surface area (TPSA) is 67.9 Å². The minimum atomic E-state index is -2.34. The molecule has 138 valence electrons. The standard InChI is InChI=1S/C15H5F5N3O2.Au/c16-9-10(17)12(19)14(13(20)11(9)18)25-15(24)7-3-1-6(2-4-7)8-5-21-23-22-8;/h1-4H,(H,21,22,23);/q-1;+1. The Balaban J connectivity index is 0.00000243. The van der Waals surface area contributed by atoms with E-state index in [0.29, 0.717) is 11.3 Å². The number of hydrogen-bond donors (Lipinski definition) is 1. The molecular weight excluding hydrogens is 546 g/mol. The molecule has 0 aliphatic rings. The number of hydrogen-bond acceptors (Lipinski definition) is 4. The normalized spacial score (nSPS) is 10.3. The zero-order chi connectivity index (χ0) is 18.1. The van der Waals surface area contributed by atoms with Gasteiger partial charge in [-0.25, -0.2) is 23.1 Å². The van der Waals surface area contributed by atoms with Crippen LogP contribution < -0.4 is 4.74 Å². The molecule has 0 saturated heterocycles. The Hall–Kier alpha value is -2.56. The first-order valence-corrected chi connectivity index (χ1v) is 6.53. The van der Waals surface area contributed by atoms with Crippen molar-refractivity contribution < 1.29 is 53.9 Å². The van der Waals surface area contributed by atoms with E-state index in [1.165, 1.54) is 24.3 Å². The maximum atomic E-state index is 13.5. The number of carbonyl (C=O) groups is 1. The van der Waals surface area contributed by atoms with Gasteiger partial charge >= 0.3 is 28.3 Å². The van der Waals surface area contributed by atoms with Crippen LogP contribution in [-0.4, -0.2) is 21.4 Å². The quantitative estimate of drug-likeness (QED) is 0.103. The van der Waals surface area contributed by atoms with Crippen molar-refractivity contribution >= 4 is 5.97 Å². The number of aromatic amines is 1. The third kappa shape index (κ3) is 3.52. The minimum absolute atomic E-state index is 0. The van der Waals surface area contributed by atoms with Crippen molar-refractivity contribution in [1.82, 2.24) is 15.4 Å². The molecule has 2 aromatic carbocycles. The molecule has 0 spiro atoms. The van der Waals surface area contributed by atoms with Gasteiger partial charge in [0.15, 0.2) is 0 Å². The Morgan fingerprint density at radius 3 is 1.96 bits per heavy atom. The van der Waals surface area contributed by atoms with Crippen molar-refractivity contribution in [3.8, 4) is 17.0 Å². The molecule has 0 saturated carbocycles. The zero-order valence-electron chi connectivity index (χ0n) is 12.2. The number of carbonyl (C=O) groups excluding carboxylic acids is 1. The van der Waals surface area contributed by atoms with Gasteiger partial charge in [-0.05, 0) is 0 Å². The molecular formula is C15H5AuF5N3O2. The number of nitrogens with one attached hydrogen (secondary N) is 1. The van der Waals surface area contributed by atoms with Gasteiger partial charge in [0.05, 0.1) is 5.56 Å². The second kappa shape index (κ2) is 7.77. The van der Waals surface area contributed by atoms with Crippen molar-refractivity contribution in [3.05, 3.63) is 65.1 Å². The number of rotatable bonds is 3. The average molecular weight is 551 g/mol. The Morgan fingerprint density at radius 1 is 0.923 bits per heavy atom. The van der Waals surface area contributed by atoms with Gasteiger partial charge in [-0.15, -0.1) is 17.7 Å². The van der Waals surface area contributed by atoms with Gasteiger partial charge in [0, 0.05) is 0 Å². The Morgan fingerprint density at radius 2 is 1.46 bits per heavy atom. The Labute approximate surface area is 157 Å². The van der Waals surface area contributed by atoms with E-state index in [1.54, 1.807) is 0 Å². The van der Waals surface area contributed by atoms with Crippen molar-refractivity contribution in [2.24, 2.45) is 0 Å².